The molecule has 7 heteroatoms. The third-order valence-corrected chi connectivity index (χ3v) is 4.19. The molecular weight excluding hydrogens is 304 g/mol. The summed E-state index contributed by atoms with van der Waals surface area (Å²) in [6, 6.07) is 4.03. The van der Waals surface area contributed by atoms with E-state index in [0.29, 0.717) is 19.6 Å². The molecule has 2 aromatic rings. The minimum atomic E-state index is -0.893. The Balaban J connectivity index is 1.46. The van der Waals surface area contributed by atoms with Crippen LogP contribution in [0, 0.1) is 17.6 Å². The van der Waals surface area contributed by atoms with Crippen molar-refractivity contribution in [3.05, 3.63) is 52.9 Å². The van der Waals surface area contributed by atoms with E-state index < -0.39 is 11.6 Å². The third-order valence-electron chi connectivity index (χ3n) is 4.19. The van der Waals surface area contributed by atoms with Gasteiger partial charge in [0.1, 0.15) is 0 Å². The zero-order chi connectivity index (χ0) is 16.0. The maximum Gasteiger partial charge on any atom is 0.230 e. The molecule has 1 aliphatic carbocycles. The van der Waals surface area contributed by atoms with E-state index in [0.717, 1.165) is 17.3 Å². The van der Waals surface area contributed by atoms with Gasteiger partial charge in [0.05, 0.1) is 18.9 Å². The Bertz CT molecular complexity index is 797. The van der Waals surface area contributed by atoms with E-state index in [1.165, 1.54) is 12.1 Å². The van der Waals surface area contributed by atoms with Gasteiger partial charge in [0, 0.05) is 17.7 Å². The van der Waals surface area contributed by atoms with Crippen molar-refractivity contribution in [3.63, 3.8) is 0 Å². The summed E-state index contributed by atoms with van der Waals surface area (Å²) in [6.45, 7) is 0.883. The first-order chi connectivity index (χ1) is 11.1. The van der Waals surface area contributed by atoms with Crippen molar-refractivity contribution in [1.29, 1.82) is 0 Å². The highest BCUT2D eigenvalue weighted by molar-refractivity contribution is 5.93. The summed E-state index contributed by atoms with van der Waals surface area (Å²) >= 11 is 0. The van der Waals surface area contributed by atoms with E-state index in [9.17, 15) is 13.6 Å². The summed E-state index contributed by atoms with van der Waals surface area (Å²) in [5.41, 5.74) is 1.92. The Hall–Kier alpha value is -2.41. The van der Waals surface area contributed by atoms with Gasteiger partial charge in [0.15, 0.2) is 11.6 Å². The number of hydrogen-bond donors (Lipinski definition) is 1. The largest absolute Gasteiger partial charge is 0.370 e. The van der Waals surface area contributed by atoms with Crippen molar-refractivity contribution in [2.24, 2.45) is 5.92 Å². The Kier molecular flexibility index (Phi) is 3.30. The summed E-state index contributed by atoms with van der Waals surface area (Å²) in [4.78, 5) is 20.5. The fraction of sp³-hybridized carbons (Fsp3) is 0.312. The van der Waals surface area contributed by atoms with Crippen molar-refractivity contribution in [2.45, 2.75) is 25.6 Å². The van der Waals surface area contributed by atoms with Crippen LogP contribution in [0.25, 0.3) is 0 Å². The molecule has 0 bridgehead atoms. The fourth-order valence-electron chi connectivity index (χ4n) is 2.84. The Morgan fingerprint density at radius 3 is 3.04 bits per heavy atom. The molecule has 2 heterocycles. The number of amides is 1. The molecule has 0 saturated heterocycles. The molecule has 1 amide bonds. The van der Waals surface area contributed by atoms with Crippen LogP contribution in [0.3, 0.4) is 0 Å². The zero-order valence-corrected chi connectivity index (χ0v) is 12.1. The first-order valence-electron chi connectivity index (χ1n) is 7.31. The molecule has 2 aliphatic rings. The smallest absolute Gasteiger partial charge is 0.230 e. The highest BCUT2D eigenvalue weighted by Crippen LogP contribution is 2.48. The molecule has 2 unspecified atom stereocenters. The molecule has 1 fully saturated rings. The SMILES string of the molecule is O=C(Nc1ncc2c(n1)COC2)C1CC1c1cccc(F)c1F. The van der Waals surface area contributed by atoms with Crippen LogP contribution < -0.4 is 5.32 Å². The first-order valence-corrected chi connectivity index (χ1v) is 7.31. The van der Waals surface area contributed by atoms with Gasteiger partial charge in [-0.2, -0.15) is 0 Å². The lowest BCUT2D eigenvalue weighted by Gasteiger charge is -2.05. The van der Waals surface area contributed by atoms with E-state index in [-0.39, 0.29) is 29.3 Å². The van der Waals surface area contributed by atoms with E-state index in [2.05, 4.69) is 15.3 Å². The number of carbonyl (C=O) groups excluding carboxylic acids is 1. The molecular formula is C16H13F2N3O2. The number of rotatable bonds is 3. The van der Waals surface area contributed by atoms with Gasteiger partial charge in [0.2, 0.25) is 11.9 Å². The zero-order valence-electron chi connectivity index (χ0n) is 12.1. The summed E-state index contributed by atoms with van der Waals surface area (Å²) in [5, 5.41) is 2.63. The molecule has 1 saturated carbocycles. The lowest BCUT2D eigenvalue weighted by molar-refractivity contribution is -0.117. The van der Waals surface area contributed by atoms with Gasteiger partial charge in [-0.25, -0.2) is 18.7 Å². The maximum absolute atomic E-state index is 13.8. The number of ether oxygens (including phenoxy) is 1. The lowest BCUT2D eigenvalue weighted by Crippen LogP contribution is -2.17. The van der Waals surface area contributed by atoms with E-state index in [4.69, 9.17) is 4.74 Å². The summed E-state index contributed by atoms with van der Waals surface area (Å²) < 4.78 is 32.3. The van der Waals surface area contributed by atoms with Crippen LogP contribution >= 0.6 is 0 Å². The quantitative estimate of drug-likeness (QED) is 0.945. The van der Waals surface area contributed by atoms with Gasteiger partial charge in [-0.1, -0.05) is 12.1 Å². The Morgan fingerprint density at radius 1 is 1.30 bits per heavy atom. The lowest BCUT2D eigenvalue weighted by atomic mass is 10.1. The van der Waals surface area contributed by atoms with Gasteiger partial charge >= 0.3 is 0 Å². The Morgan fingerprint density at radius 2 is 2.17 bits per heavy atom. The van der Waals surface area contributed by atoms with Crippen LogP contribution in [0.4, 0.5) is 14.7 Å². The molecule has 0 radical (unpaired) electrons. The van der Waals surface area contributed by atoms with Crippen LogP contribution in [0.2, 0.25) is 0 Å². The number of nitrogens with zero attached hydrogens (tertiary/aromatic N) is 2. The van der Waals surface area contributed by atoms with Crippen molar-refractivity contribution in [1.82, 2.24) is 9.97 Å². The molecule has 23 heavy (non-hydrogen) atoms. The number of fused-ring (bicyclic) bond motifs is 1. The van der Waals surface area contributed by atoms with Crippen molar-refractivity contribution >= 4 is 11.9 Å². The highest BCUT2D eigenvalue weighted by atomic mass is 19.2. The van der Waals surface area contributed by atoms with Gasteiger partial charge in [-0.3, -0.25) is 10.1 Å². The predicted octanol–water partition coefficient (Wildman–Crippen LogP) is 2.53. The van der Waals surface area contributed by atoms with E-state index >= 15 is 0 Å². The Labute approximate surface area is 130 Å². The van der Waals surface area contributed by atoms with Crippen LogP contribution in [0.5, 0.6) is 0 Å². The molecule has 5 nitrogen and oxygen atoms in total. The highest BCUT2D eigenvalue weighted by Gasteiger charge is 2.45. The molecule has 0 spiro atoms. The number of halogens is 2. The fourth-order valence-corrected chi connectivity index (χ4v) is 2.84. The number of benzene rings is 1. The number of anilines is 1. The number of hydrogen-bond acceptors (Lipinski definition) is 4. The van der Waals surface area contributed by atoms with Gasteiger partial charge in [-0.05, 0) is 24.0 Å². The molecule has 118 valence electrons. The van der Waals surface area contributed by atoms with Crippen LogP contribution in [0.15, 0.2) is 24.4 Å². The molecule has 1 aromatic carbocycles. The number of aromatic nitrogens is 2. The van der Waals surface area contributed by atoms with Crippen molar-refractivity contribution in [2.75, 3.05) is 5.32 Å². The minimum Gasteiger partial charge on any atom is -0.370 e. The second-order valence-corrected chi connectivity index (χ2v) is 5.74. The van der Waals surface area contributed by atoms with Crippen LogP contribution in [-0.4, -0.2) is 15.9 Å². The molecule has 4 rings (SSSR count). The van der Waals surface area contributed by atoms with E-state index in [1.807, 2.05) is 0 Å². The number of nitrogens with one attached hydrogen (secondary N) is 1. The molecule has 1 N–H and O–H groups in total. The number of carbonyl (C=O) groups is 1. The van der Waals surface area contributed by atoms with Gasteiger partial charge < -0.3 is 4.74 Å². The van der Waals surface area contributed by atoms with Gasteiger partial charge in [0.25, 0.3) is 0 Å². The molecule has 1 aliphatic heterocycles. The maximum atomic E-state index is 13.8. The molecule has 1 aromatic heterocycles. The topological polar surface area (TPSA) is 64.1 Å². The third kappa shape index (κ3) is 2.57. The second-order valence-electron chi connectivity index (χ2n) is 5.74. The first kappa shape index (κ1) is 14.2. The van der Waals surface area contributed by atoms with Gasteiger partial charge in [-0.15, -0.1) is 0 Å². The van der Waals surface area contributed by atoms with E-state index in [1.54, 1.807) is 6.20 Å². The van der Waals surface area contributed by atoms with Crippen molar-refractivity contribution < 1.29 is 18.3 Å². The summed E-state index contributed by atoms with van der Waals surface area (Å²) in [5.74, 6) is -2.53. The summed E-state index contributed by atoms with van der Waals surface area (Å²) in [6.07, 6.45) is 2.11. The van der Waals surface area contributed by atoms with Crippen LogP contribution in [0.1, 0.15) is 29.2 Å². The predicted molar refractivity (Wildman–Crippen MR) is 76.4 cm³/mol. The van der Waals surface area contributed by atoms with Crippen LogP contribution in [-0.2, 0) is 22.7 Å². The van der Waals surface area contributed by atoms with Crippen molar-refractivity contribution in [3.8, 4) is 0 Å². The standard InChI is InChI=1S/C16H13F2N3O2/c17-12-3-1-2-9(14(12)18)10-4-11(10)15(22)21-16-19-5-8-6-23-7-13(8)20-16/h1-3,5,10-11H,4,6-7H2,(H,19,20,21,22). The minimum absolute atomic E-state index is 0.213. The second kappa shape index (κ2) is 5.34. The normalized spacial score (nSPS) is 21.8. The average Bonchev–Trinajstić information content (AvgIpc) is 3.20. The monoisotopic (exact) mass is 317 g/mol. The average molecular weight is 317 g/mol. The summed E-state index contributed by atoms with van der Waals surface area (Å²) in [7, 11) is 0. The molecule has 2 atom stereocenters.